The second kappa shape index (κ2) is 7.59. The molecule has 16 heavy (non-hydrogen) atoms. The van der Waals surface area contributed by atoms with Crippen molar-refractivity contribution < 1.29 is 14.4 Å². The molecule has 0 heterocycles. The molecular formula is C12H15NO3. The fourth-order valence-electron chi connectivity index (χ4n) is 1.18. The van der Waals surface area contributed by atoms with E-state index in [0.29, 0.717) is 19.4 Å². The van der Waals surface area contributed by atoms with Crippen LogP contribution in [0.3, 0.4) is 0 Å². The molecule has 0 spiro atoms. The van der Waals surface area contributed by atoms with Gasteiger partial charge in [-0.05, 0) is 12.0 Å². The number of benzene rings is 1. The maximum atomic E-state index is 11.1. The molecule has 0 bridgehead atoms. The first-order chi connectivity index (χ1) is 7.83. The topological polar surface area (TPSA) is 55.4 Å². The summed E-state index contributed by atoms with van der Waals surface area (Å²) in [7, 11) is 0. The standard InChI is InChI=1S/C12H15NO3/c14-9-5-4-8-12(15)16-13-10-11-6-2-1-3-7-11/h1-3,6-7,9,13H,4-5,8,10H2. The highest BCUT2D eigenvalue weighted by atomic mass is 16.7. The molecule has 0 fully saturated rings. The summed E-state index contributed by atoms with van der Waals surface area (Å²) < 4.78 is 0. The highest BCUT2D eigenvalue weighted by Gasteiger charge is 2.01. The summed E-state index contributed by atoms with van der Waals surface area (Å²) in [6, 6.07) is 9.64. The zero-order valence-corrected chi connectivity index (χ0v) is 9.02. The summed E-state index contributed by atoms with van der Waals surface area (Å²) in [6.45, 7) is 0.486. The number of carbonyl (C=O) groups is 2. The lowest BCUT2D eigenvalue weighted by Crippen LogP contribution is -2.19. The average molecular weight is 221 g/mol. The van der Waals surface area contributed by atoms with Crippen LogP contribution in [0.25, 0.3) is 0 Å². The molecule has 0 atom stereocenters. The van der Waals surface area contributed by atoms with Crippen LogP contribution < -0.4 is 5.48 Å². The van der Waals surface area contributed by atoms with Gasteiger partial charge in [-0.25, -0.2) is 0 Å². The van der Waals surface area contributed by atoms with Gasteiger partial charge in [-0.3, -0.25) is 4.79 Å². The van der Waals surface area contributed by atoms with Gasteiger partial charge in [0.2, 0.25) is 0 Å². The molecule has 86 valence electrons. The van der Waals surface area contributed by atoms with Gasteiger partial charge in [0.1, 0.15) is 6.29 Å². The summed E-state index contributed by atoms with van der Waals surface area (Å²) in [5.41, 5.74) is 3.64. The van der Waals surface area contributed by atoms with Crippen LogP contribution in [0.2, 0.25) is 0 Å². The highest BCUT2D eigenvalue weighted by molar-refractivity contribution is 5.69. The number of aldehydes is 1. The van der Waals surface area contributed by atoms with E-state index in [4.69, 9.17) is 4.84 Å². The summed E-state index contributed by atoms with van der Waals surface area (Å²) >= 11 is 0. The number of rotatable bonds is 7. The molecule has 0 saturated carbocycles. The Bertz CT molecular complexity index is 324. The van der Waals surface area contributed by atoms with Gasteiger partial charge in [0, 0.05) is 12.8 Å². The van der Waals surface area contributed by atoms with Gasteiger partial charge in [0.05, 0.1) is 6.54 Å². The molecule has 1 aromatic carbocycles. The number of unbranched alkanes of at least 4 members (excludes halogenated alkanes) is 1. The maximum absolute atomic E-state index is 11.1. The van der Waals surface area contributed by atoms with Crippen molar-refractivity contribution in [3.8, 4) is 0 Å². The molecule has 1 N–H and O–H groups in total. The first-order valence-corrected chi connectivity index (χ1v) is 5.23. The monoisotopic (exact) mass is 221 g/mol. The van der Waals surface area contributed by atoms with E-state index in [-0.39, 0.29) is 12.4 Å². The predicted octanol–water partition coefficient (Wildman–Crippen LogP) is 1.60. The van der Waals surface area contributed by atoms with Crippen molar-refractivity contribution >= 4 is 12.3 Å². The van der Waals surface area contributed by atoms with Crippen LogP contribution in [-0.2, 0) is 21.0 Å². The summed E-state index contributed by atoms with van der Waals surface area (Å²) in [4.78, 5) is 25.9. The van der Waals surface area contributed by atoms with Crippen LogP contribution in [-0.4, -0.2) is 12.3 Å². The smallest absolute Gasteiger partial charge is 0.324 e. The Morgan fingerprint density at radius 2 is 2.06 bits per heavy atom. The fraction of sp³-hybridized carbons (Fsp3) is 0.333. The largest absolute Gasteiger partial charge is 0.370 e. The third-order valence-electron chi connectivity index (χ3n) is 2.01. The lowest BCUT2D eigenvalue weighted by molar-refractivity contribution is -0.151. The van der Waals surface area contributed by atoms with Gasteiger partial charge in [0.25, 0.3) is 0 Å². The zero-order valence-electron chi connectivity index (χ0n) is 9.02. The van der Waals surface area contributed by atoms with Gasteiger partial charge in [-0.15, -0.1) is 5.48 Å². The third kappa shape index (κ3) is 5.26. The van der Waals surface area contributed by atoms with Gasteiger partial charge >= 0.3 is 5.97 Å². The van der Waals surface area contributed by atoms with Crippen molar-refractivity contribution in [1.29, 1.82) is 0 Å². The van der Waals surface area contributed by atoms with E-state index in [2.05, 4.69) is 5.48 Å². The Hall–Kier alpha value is -1.68. The Labute approximate surface area is 94.6 Å². The molecule has 0 saturated heterocycles. The Balaban J connectivity index is 2.11. The number of nitrogens with one attached hydrogen (secondary N) is 1. The first kappa shape index (κ1) is 12.4. The van der Waals surface area contributed by atoms with Gasteiger partial charge in [0.15, 0.2) is 0 Å². The van der Waals surface area contributed by atoms with Crippen LogP contribution in [0.15, 0.2) is 30.3 Å². The van der Waals surface area contributed by atoms with Crippen LogP contribution in [0.1, 0.15) is 24.8 Å². The van der Waals surface area contributed by atoms with E-state index in [1.54, 1.807) is 0 Å². The molecule has 1 aromatic rings. The summed E-state index contributed by atoms with van der Waals surface area (Å²) in [5, 5.41) is 0. The average Bonchev–Trinajstić information content (AvgIpc) is 2.31. The minimum Gasteiger partial charge on any atom is -0.370 e. The number of carbonyl (C=O) groups excluding carboxylic acids is 2. The van der Waals surface area contributed by atoms with Gasteiger partial charge in [-0.1, -0.05) is 30.3 Å². The second-order valence-corrected chi connectivity index (χ2v) is 3.34. The quantitative estimate of drug-likeness (QED) is 0.431. The minimum atomic E-state index is -0.335. The molecule has 0 aliphatic carbocycles. The van der Waals surface area contributed by atoms with Crippen molar-refractivity contribution in [2.45, 2.75) is 25.8 Å². The Morgan fingerprint density at radius 1 is 1.31 bits per heavy atom. The van der Waals surface area contributed by atoms with E-state index in [1.807, 2.05) is 30.3 Å². The second-order valence-electron chi connectivity index (χ2n) is 3.34. The molecule has 0 unspecified atom stereocenters. The van der Waals surface area contributed by atoms with E-state index < -0.39 is 0 Å². The number of hydroxylamine groups is 1. The summed E-state index contributed by atoms with van der Waals surface area (Å²) in [6.07, 6.45) is 1.99. The minimum absolute atomic E-state index is 0.264. The molecule has 1 rings (SSSR count). The summed E-state index contributed by atoms with van der Waals surface area (Å²) in [5.74, 6) is -0.335. The zero-order chi connectivity index (χ0) is 11.6. The molecule has 0 amide bonds. The lowest BCUT2D eigenvalue weighted by Gasteiger charge is -2.04. The lowest BCUT2D eigenvalue weighted by atomic mass is 10.2. The first-order valence-electron chi connectivity index (χ1n) is 5.23. The number of hydrogen-bond donors (Lipinski definition) is 1. The Morgan fingerprint density at radius 3 is 2.75 bits per heavy atom. The van der Waals surface area contributed by atoms with Crippen molar-refractivity contribution in [2.24, 2.45) is 0 Å². The van der Waals surface area contributed by atoms with E-state index in [0.717, 1.165) is 11.8 Å². The van der Waals surface area contributed by atoms with Gasteiger partial charge < -0.3 is 9.63 Å². The van der Waals surface area contributed by atoms with E-state index in [1.165, 1.54) is 0 Å². The van der Waals surface area contributed by atoms with Crippen molar-refractivity contribution in [3.63, 3.8) is 0 Å². The predicted molar refractivity (Wildman–Crippen MR) is 59.3 cm³/mol. The molecule has 4 heteroatoms. The molecular weight excluding hydrogens is 206 g/mol. The van der Waals surface area contributed by atoms with Crippen LogP contribution in [0.5, 0.6) is 0 Å². The van der Waals surface area contributed by atoms with Crippen LogP contribution in [0, 0.1) is 0 Å². The maximum Gasteiger partial charge on any atom is 0.324 e. The van der Waals surface area contributed by atoms with Crippen LogP contribution in [0.4, 0.5) is 0 Å². The normalized spacial score (nSPS) is 9.75. The highest BCUT2D eigenvalue weighted by Crippen LogP contribution is 1.98. The van der Waals surface area contributed by atoms with Crippen LogP contribution >= 0.6 is 0 Å². The van der Waals surface area contributed by atoms with E-state index >= 15 is 0 Å². The SMILES string of the molecule is O=CCCCC(=O)ONCc1ccccc1. The van der Waals surface area contributed by atoms with Crippen molar-refractivity contribution in [3.05, 3.63) is 35.9 Å². The third-order valence-corrected chi connectivity index (χ3v) is 2.01. The molecule has 0 radical (unpaired) electrons. The fourth-order valence-corrected chi connectivity index (χ4v) is 1.18. The number of hydrogen-bond acceptors (Lipinski definition) is 4. The molecule has 0 aliphatic heterocycles. The van der Waals surface area contributed by atoms with Crippen molar-refractivity contribution in [2.75, 3.05) is 0 Å². The molecule has 0 aliphatic rings. The molecule has 4 nitrogen and oxygen atoms in total. The molecule has 0 aromatic heterocycles. The van der Waals surface area contributed by atoms with Gasteiger partial charge in [-0.2, -0.15) is 0 Å². The Kier molecular flexibility index (Phi) is 5.88. The van der Waals surface area contributed by atoms with Crippen molar-refractivity contribution in [1.82, 2.24) is 5.48 Å². The van der Waals surface area contributed by atoms with E-state index in [9.17, 15) is 9.59 Å².